The topological polar surface area (TPSA) is 37.3 Å². The number of carboxylic acids is 1. The summed E-state index contributed by atoms with van der Waals surface area (Å²) in [6, 6.07) is 0. The molecule has 0 aromatic heterocycles. The fraction of sp³-hybridized carbons (Fsp3) is 0.857. The number of hydrogen-bond donors (Lipinski definition) is 1. The fourth-order valence-electron chi connectivity index (χ4n) is 0.703. The molecule has 0 aliphatic rings. The Morgan fingerprint density at radius 1 is 1.30 bits per heavy atom. The molecule has 0 amide bonds. The molecule has 0 unspecified atom stereocenters. The summed E-state index contributed by atoms with van der Waals surface area (Å²) in [4.78, 5) is 9.96. The predicted octanol–water partition coefficient (Wildman–Crippen LogP) is 2.04. The van der Waals surface area contributed by atoms with Gasteiger partial charge in [0.15, 0.2) is 0 Å². The van der Waals surface area contributed by atoms with Gasteiger partial charge in [-0.25, -0.2) is 0 Å². The summed E-state index contributed by atoms with van der Waals surface area (Å²) in [7, 11) is 0. The van der Waals surface area contributed by atoms with E-state index in [9.17, 15) is 4.79 Å². The van der Waals surface area contributed by atoms with Crippen LogP contribution in [0.25, 0.3) is 0 Å². The summed E-state index contributed by atoms with van der Waals surface area (Å²) >= 11 is 0. The first kappa shape index (κ1) is 12.6. The molecule has 3 heteroatoms. The van der Waals surface area contributed by atoms with Crippen molar-refractivity contribution in [3.05, 3.63) is 0 Å². The summed E-state index contributed by atoms with van der Waals surface area (Å²) in [6.45, 7) is 2.11. The van der Waals surface area contributed by atoms with Gasteiger partial charge in [0.25, 0.3) is 0 Å². The van der Waals surface area contributed by atoms with Gasteiger partial charge < -0.3 is 5.11 Å². The van der Waals surface area contributed by atoms with E-state index >= 15 is 0 Å². The average Bonchev–Trinajstić information content (AvgIpc) is 1.80. The number of carboxylic acid groups (broad SMARTS) is 1. The SMILES string of the molecule is CCCCCCC(=O)O.[Mn]. The Labute approximate surface area is 72.5 Å². The van der Waals surface area contributed by atoms with Crippen molar-refractivity contribution >= 4 is 5.97 Å². The molecule has 0 rings (SSSR count). The number of carbonyl (C=O) groups is 1. The molecule has 10 heavy (non-hydrogen) atoms. The molecular formula is C7H14MnO2. The monoisotopic (exact) mass is 185 g/mol. The fourth-order valence-corrected chi connectivity index (χ4v) is 0.703. The van der Waals surface area contributed by atoms with Crippen LogP contribution in [0.1, 0.15) is 39.0 Å². The molecule has 0 atom stereocenters. The third-order valence-corrected chi connectivity index (χ3v) is 1.24. The van der Waals surface area contributed by atoms with Gasteiger partial charge in [-0.2, -0.15) is 0 Å². The molecule has 2 nitrogen and oxygen atoms in total. The van der Waals surface area contributed by atoms with Gasteiger partial charge >= 0.3 is 5.97 Å². The van der Waals surface area contributed by atoms with Crippen molar-refractivity contribution in [3.8, 4) is 0 Å². The van der Waals surface area contributed by atoms with Crippen LogP contribution in [0, 0.1) is 0 Å². The van der Waals surface area contributed by atoms with E-state index in [0.29, 0.717) is 6.42 Å². The van der Waals surface area contributed by atoms with Gasteiger partial charge in [0, 0.05) is 23.5 Å². The van der Waals surface area contributed by atoms with Crippen molar-refractivity contribution in [1.29, 1.82) is 0 Å². The number of rotatable bonds is 5. The van der Waals surface area contributed by atoms with Crippen LogP contribution in [0.2, 0.25) is 0 Å². The van der Waals surface area contributed by atoms with E-state index in [1.165, 1.54) is 6.42 Å². The first-order valence-corrected chi connectivity index (χ1v) is 3.49. The molecule has 0 heterocycles. The average molecular weight is 185 g/mol. The molecule has 61 valence electrons. The second kappa shape index (κ2) is 8.99. The van der Waals surface area contributed by atoms with E-state index < -0.39 is 5.97 Å². The molecule has 0 saturated heterocycles. The molecule has 1 N–H and O–H groups in total. The summed E-state index contributed by atoms with van der Waals surface area (Å²) in [5, 5.41) is 8.21. The zero-order chi connectivity index (χ0) is 7.11. The molecule has 0 bridgehead atoms. The first-order valence-electron chi connectivity index (χ1n) is 3.49. The van der Waals surface area contributed by atoms with Crippen molar-refractivity contribution in [2.45, 2.75) is 39.0 Å². The largest absolute Gasteiger partial charge is 0.481 e. The van der Waals surface area contributed by atoms with E-state index in [4.69, 9.17) is 5.11 Å². The van der Waals surface area contributed by atoms with Gasteiger partial charge in [0.05, 0.1) is 0 Å². The van der Waals surface area contributed by atoms with Crippen LogP contribution >= 0.6 is 0 Å². The maximum Gasteiger partial charge on any atom is 0.303 e. The summed E-state index contributed by atoms with van der Waals surface area (Å²) in [5.74, 6) is -0.675. The van der Waals surface area contributed by atoms with Crippen LogP contribution in [-0.2, 0) is 21.9 Å². The Morgan fingerprint density at radius 2 is 1.90 bits per heavy atom. The molecular weight excluding hydrogens is 171 g/mol. The minimum Gasteiger partial charge on any atom is -0.481 e. The Morgan fingerprint density at radius 3 is 2.30 bits per heavy atom. The quantitative estimate of drug-likeness (QED) is 0.525. The van der Waals surface area contributed by atoms with Crippen molar-refractivity contribution in [2.24, 2.45) is 0 Å². The van der Waals surface area contributed by atoms with E-state index in [1.807, 2.05) is 0 Å². The first-order chi connectivity index (χ1) is 4.27. The molecule has 0 saturated carbocycles. The zero-order valence-electron chi connectivity index (χ0n) is 6.27. The normalized spacial score (nSPS) is 8.50. The molecule has 0 aliphatic heterocycles. The smallest absolute Gasteiger partial charge is 0.303 e. The van der Waals surface area contributed by atoms with Gasteiger partial charge in [-0.1, -0.05) is 26.2 Å². The van der Waals surface area contributed by atoms with Crippen molar-refractivity contribution < 1.29 is 27.0 Å². The van der Waals surface area contributed by atoms with Crippen molar-refractivity contribution in [1.82, 2.24) is 0 Å². The van der Waals surface area contributed by atoms with Gasteiger partial charge in [-0.3, -0.25) is 4.79 Å². The van der Waals surface area contributed by atoms with Crippen LogP contribution in [0.15, 0.2) is 0 Å². The van der Waals surface area contributed by atoms with Crippen LogP contribution in [0.4, 0.5) is 0 Å². The summed E-state index contributed by atoms with van der Waals surface area (Å²) in [6.07, 6.45) is 4.55. The van der Waals surface area contributed by atoms with Crippen LogP contribution in [0.3, 0.4) is 0 Å². The Kier molecular flexibility index (Phi) is 11.4. The Balaban J connectivity index is 0. The van der Waals surface area contributed by atoms with Crippen LogP contribution in [-0.4, -0.2) is 11.1 Å². The number of aliphatic carboxylic acids is 1. The number of hydrogen-bond acceptors (Lipinski definition) is 1. The molecule has 0 aromatic carbocycles. The summed E-state index contributed by atoms with van der Waals surface area (Å²) < 4.78 is 0. The van der Waals surface area contributed by atoms with E-state index in [-0.39, 0.29) is 17.1 Å². The van der Waals surface area contributed by atoms with E-state index in [2.05, 4.69) is 6.92 Å². The molecule has 0 spiro atoms. The second-order valence-corrected chi connectivity index (χ2v) is 2.20. The van der Waals surface area contributed by atoms with Gasteiger partial charge in [-0.05, 0) is 6.42 Å². The standard InChI is InChI=1S/C7H14O2.Mn/c1-2-3-4-5-6-7(8)9;/h2-6H2,1H3,(H,8,9);. The molecule has 0 aromatic rings. The van der Waals surface area contributed by atoms with Crippen molar-refractivity contribution in [3.63, 3.8) is 0 Å². The Bertz CT molecular complexity index is 83.7. The summed E-state index contributed by atoms with van der Waals surface area (Å²) in [5.41, 5.74) is 0. The van der Waals surface area contributed by atoms with Crippen molar-refractivity contribution in [2.75, 3.05) is 0 Å². The van der Waals surface area contributed by atoms with Gasteiger partial charge in [-0.15, -0.1) is 0 Å². The number of unbranched alkanes of at least 4 members (excludes halogenated alkanes) is 3. The second-order valence-electron chi connectivity index (χ2n) is 2.20. The zero-order valence-corrected chi connectivity index (χ0v) is 7.45. The minimum atomic E-state index is -0.675. The van der Waals surface area contributed by atoms with Crippen LogP contribution in [0.5, 0.6) is 0 Å². The molecule has 0 aliphatic carbocycles. The molecule has 1 radical (unpaired) electrons. The molecule has 0 fully saturated rings. The minimum absolute atomic E-state index is 0. The Hall–Kier alpha value is -0.0105. The van der Waals surface area contributed by atoms with E-state index in [0.717, 1.165) is 19.3 Å². The van der Waals surface area contributed by atoms with Crippen LogP contribution < -0.4 is 0 Å². The maximum absolute atomic E-state index is 9.96. The third kappa shape index (κ3) is 10.9. The maximum atomic E-state index is 9.96. The van der Waals surface area contributed by atoms with Gasteiger partial charge in [0.2, 0.25) is 0 Å². The predicted molar refractivity (Wildman–Crippen MR) is 36.4 cm³/mol. The van der Waals surface area contributed by atoms with Gasteiger partial charge in [0.1, 0.15) is 0 Å². The third-order valence-electron chi connectivity index (χ3n) is 1.24. The van der Waals surface area contributed by atoms with E-state index in [1.54, 1.807) is 0 Å².